The normalized spacial score (nSPS) is 18.0. The molecule has 0 aliphatic carbocycles. The van der Waals surface area contributed by atoms with Crippen molar-refractivity contribution in [2.75, 3.05) is 18.4 Å². The van der Waals surface area contributed by atoms with Crippen LogP contribution in [0.3, 0.4) is 0 Å². The topological polar surface area (TPSA) is 45.5 Å². The van der Waals surface area contributed by atoms with Gasteiger partial charge < -0.3 is 14.6 Å². The largest absolute Gasteiger partial charge is 0.469 e. The predicted molar refractivity (Wildman–Crippen MR) is 91.9 cm³/mol. The Kier molecular flexibility index (Phi) is 4.42. The van der Waals surface area contributed by atoms with E-state index in [9.17, 15) is 4.79 Å². The van der Waals surface area contributed by atoms with Gasteiger partial charge in [0.1, 0.15) is 5.76 Å². The fourth-order valence-electron chi connectivity index (χ4n) is 3.12. The lowest BCUT2D eigenvalue weighted by atomic mass is 10.0. The zero-order chi connectivity index (χ0) is 16.4. The molecule has 1 atom stereocenters. The molecule has 4 heteroatoms. The molecule has 23 heavy (non-hydrogen) atoms. The Morgan fingerprint density at radius 1 is 1.22 bits per heavy atom. The molecule has 1 amide bonds. The highest BCUT2D eigenvalue weighted by atomic mass is 16.3. The molecule has 122 valence electrons. The first-order chi connectivity index (χ1) is 11.0. The number of likely N-dealkylation sites (tertiary alicyclic amines) is 1. The van der Waals surface area contributed by atoms with Gasteiger partial charge in [-0.25, -0.2) is 0 Å². The van der Waals surface area contributed by atoms with E-state index in [-0.39, 0.29) is 5.91 Å². The summed E-state index contributed by atoms with van der Waals surface area (Å²) >= 11 is 0. The quantitative estimate of drug-likeness (QED) is 0.934. The summed E-state index contributed by atoms with van der Waals surface area (Å²) in [6.45, 7) is 7.62. The summed E-state index contributed by atoms with van der Waals surface area (Å²) in [6, 6.07) is 8.48. The Hall–Kier alpha value is -2.23. The summed E-state index contributed by atoms with van der Waals surface area (Å²) < 4.78 is 5.26. The molecule has 2 aromatic rings. The van der Waals surface area contributed by atoms with Crippen molar-refractivity contribution in [1.29, 1.82) is 0 Å². The van der Waals surface area contributed by atoms with Crippen LogP contribution in [0.15, 0.2) is 34.9 Å². The number of hydrogen-bond donors (Lipinski definition) is 1. The van der Waals surface area contributed by atoms with Crippen molar-refractivity contribution in [2.45, 2.75) is 39.7 Å². The second-order valence-corrected chi connectivity index (χ2v) is 6.42. The van der Waals surface area contributed by atoms with E-state index in [0.29, 0.717) is 17.4 Å². The number of hydrogen-bond acceptors (Lipinski definition) is 3. The first-order valence-corrected chi connectivity index (χ1v) is 8.22. The molecule has 1 aliphatic rings. The lowest BCUT2D eigenvalue weighted by molar-refractivity contribution is 0.0713. The third-order valence-electron chi connectivity index (χ3n) is 4.68. The van der Waals surface area contributed by atoms with E-state index in [2.05, 4.69) is 37.4 Å². The molecule has 1 aliphatic heterocycles. The molecule has 4 nitrogen and oxygen atoms in total. The van der Waals surface area contributed by atoms with Crippen LogP contribution >= 0.6 is 0 Å². The van der Waals surface area contributed by atoms with Gasteiger partial charge in [0.25, 0.3) is 5.91 Å². The maximum absolute atomic E-state index is 12.6. The average Bonchev–Trinajstić information content (AvgIpc) is 2.96. The van der Waals surface area contributed by atoms with Crippen molar-refractivity contribution in [2.24, 2.45) is 0 Å². The first-order valence-electron chi connectivity index (χ1n) is 8.22. The van der Waals surface area contributed by atoms with Gasteiger partial charge in [-0.1, -0.05) is 6.07 Å². The maximum Gasteiger partial charge on any atom is 0.257 e. The molecule has 3 rings (SSSR count). The monoisotopic (exact) mass is 312 g/mol. The van der Waals surface area contributed by atoms with Crippen LogP contribution in [0.1, 0.15) is 40.1 Å². The smallest absolute Gasteiger partial charge is 0.257 e. The van der Waals surface area contributed by atoms with Crippen molar-refractivity contribution in [3.8, 4) is 0 Å². The fourth-order valence-corrected chi connectivity index (χ4v) is 3.12. The summed E-state index contributed by atoms with van der Waals surface area (Å²) in [5, 5.41) is 3.58. The van der Waals surface area contributed by atoms with E-state index in [0.717, 1.165) is 31.6 Å². The molecule has 1 saturated heterocycles. The SMILES string of the molecule is Cc1ccc(N[C@H]2CCCN(C(=O)c3ccoc3C)C2)cc1C. The van der Waals surface area contributed by atoms with Gasteiger partial charge in [-0.3, -0.25) is 4.79 Å². The van der Waals surface area contributed by atoms with Gasteiger partial charge >= 0.3 is 0 Å². The number of piperidine rings is 1. The lowest BCUT2D eigenvalue weighted by Gasteiger charge is -2.33. The summed E-state index contributed by atoms with van der Waals surface area (Å²) in [6.07, 6.45) is 3.68. The predicted octanol–water partition coefficient (Wildman–Crippen LogP) is 3.92. The summed E-state index contributed by atoms with van der Waals surface area (Å²) in [5.74, 6) is 0.766. The average molecular weight is 312 g/mol. The van der Waals surface area contributed by atoms with E-state index in [1.54, 1.807) is 12.3 Å². The number of benzene rings is 1. The fraction of sp³-hybridized carbons (Fsp3) is 0.421. The number of anilines is 1. The molecule has 2 heterocycles. The molecule has 0 saturated carbocycles. The van der Waals surface area contributed by atoms with Gasteiger partial charge in [0.2, 0.25) is 0 Å². The van der Waals surface area contributed by atoms with Crippen molar-refractivity contribution >= 4 is 11.6 Å². The summed E-state index contributed by atoms with van der Waals surface area (Å²) in [5.41, 5.74) is 4.39. The number of nitrogens with one attached hydrogen (secondary N) is 1. The van der Waals surface area contributed by atoms with Gasteiger partial charge in [0.05, 0.1) is 11.8 Å². The Bertz CT molecular complexity index is 705. The summed E-state index contributed by atoms with van der Waals surface area (Å²) in [4.78, 5) is 14.5. The second-order valence-electron chi connectivity index (χ2n) is 6.42. The van der Waals surface area contributed by atoms with Gasteiger partial charge in [-0.2, -0.15) is 0 Å². The second kappa shape index (κ2) is 6.49. The molecule has 0 spiro atoms. The van der Waals surface area contributed by atoms with Crippen LogP contribution in [0.5, 0.6) is 0 Å². The van der Waals surface area contributed by atoms with Gasteiger partial charge in [0.15, 0.2) is 0 Å². The van der Waals surface area contributed by atoms with Crippen LogP contribution in [-0.4, -0.2) is 29.9 Å². The van der Waals surface area contributed by atoms with Crippen molar-refractivity contribution < 1.29 is 9.21 Å². The highest BCUT2D eigenvalue weighted by Gasteiger charge is 2.26. The van der Waals surface area contributed by atoms with Crippen LogP contribution in [0.25, 0.3) is 0 Å². The van der Waals surface area contributed by atoms with Crippen LogP contribution in [-0.2, 0) is 0 Å². The van der Waals surface area contributed by atoms with Gasteiger partial charge in [-0.05, 0) is 62.9 Å². The third-order valence-corrected chi connectivity index (χ3v) is 4.68. The number of aryl methyl sites for hydroxylation is 3. The van der Waals surface area contributed by atoms with Crippen LogP contribution < -0.4 is 5.32 Å². The highest BCUT2D eigenvalue weighted by molar-refractivity contribution is 5.95. The van der Waals surface area contributed by atoms with Gasteiger partial charge in [-0.15, -0.1) is 0 Å². The van der Waals surface area contributed by atoms with Crippen LogP contribution in [0.2, 0.25) is 0 Å². The summed E-state index contributed by atoms with van der Waals surface area (Å²) in [7, 11) is 0. The number of carbonyl (C=O) groups excluding carboxylic acids is 1. The van der Waals surface area contributed by atoms with Gasteiger partial charge in [0, 0.05) is 24.8 Å². The molecule has 1 fully saturated rings. The Morgan fingerprint density at radius 3 is 2.74 bits per heavy atom. The molecule has 1 N–H and O–H groups in total. The number of nitrogens with zero attached hydrogens (tertiary/aromatic N) is 1. The van der Waals surface area contributed by atoms with E-state index >= 15 is 0 Å². The number of rotatable bonds is 3. The van der Waals surface area contributed by atoms with E-state index < -0.39 is 0 Å². The number of carbonyl (C=O) groups is 1. The van der Waals surface area contributed by atoms with Crippen LogP contribution in [0, 0.1) is 20.8 Å². The zero-order valence-electron chi connectivity index (χ0n) is 14.1. The lowest BCUT2D eigenvalue weighted by Crippen LogP contribution is -2.45. The minimum absolute atomic E-state index is 0.0721. The Balaban J connectivity index is 1.67. The number of amides is 1. The third kappa shape index (κ3) is 3.41. The minimum Gasteiger partial charge on any atom is -0.469 e. The van der Waals surface area contributed by atoms with E-state index in [1.807, 2.05) is 11.8 Å². The van der Waals surface area contributed by atoms with Crippen molar-refractivity contribution in [3.63, 3.8) is 0 Å². The van der Waals surface area contributed by atoms with Crippen LogP contribution in [0.4, 0.5) is 5.69 Å². The maximum atomic E-state index is 12.6. The van der Waals surface area contributed by atoms with E-state index in [1.165, 1.54) is 11.1 Å². The molecular weight excluding hydrogens is 288 g/mol. The van der Waals surface area contributed by atoms with Crippen molar-refractivity contribution in [1.82, 2.24) is 4.90 Å². The first kappa shape index (κ1) is 15.7. The molecule has 0 radical (unpaired) electrons. The standard InChI is InChI=1S/C19H24N2O2/c1-13-6-7-16(11-14(13)2)20-17-5-4-9-21(12-17)19(22)18-8-10-23-15(18)3/h6-8,10-11,17,20H,4-5,9,12H2,1-3H3/t17-/m0/s1. The molecule has 1 aromatic carbocycles. The zero-order valence-corrected chi connectivity index (χ0v) is 14.1. The van der Waals surface area contributed by atoms with Crippen molar-refractivity contribution in [3.05, 3.63) is 53.0 Å². The molecule has 0 unspecified atom stereocenters. The Labute approximate surface area is 137 Å². The minimum atomic E-state index is 0.0721. The Morgan fingerprint density at radius 2 is 2.04 bits per heavy atom. The highest BCUT2D eigenvalue weighted by Crippen LogP contribution is 2.21. The molecule has 1 aromatic heterocycles. The molecule has 0 bridgehead atoms. The van der Waals surface area contributed by atoms with E-state index in [4.69, 9.17) is 4.42 Å². The number of furan rings is 1. The molecular formula is C19H24N2O2.